The van der Waals surface area contributed by atoms with Gasteiger partial charge in [0.25, 0.3) is 11.8 Å². The lowest BCUT2D eigenvalue weighted by atomic mass is 10.1. The standard InChI is InChI=1S/C17H19N3O5/c1-11(17(23)20(2)9-5-8-18)24-15(21)10-14-16(22)19-12-6-3-4-7-13(12)25-14/h3-4,6-7,11,14H,5,9-10H2,1-2H3,(H,19,22)/t11-,14+/m1/s1. The molecule has 0 aliphatic carbocycles. The van der Waals surface area contributed by atoms with Crippen LogP contribution in [0.2, 0.25) is 0 Å². The number of para-hydroxylation sites is 2. The minimum atomic E-state index is -1.01. The number of hydrogen-bond donors (Lipinski definition) is 1. The number of esters is 1. The van der Waals surface area contributed by atoms with Crippen LogP contribution in [-0.4, -0.2) is 48.5 Å². The first-order valence-electron chi connectivity index (χ1n) is 7.80. The number of carbonyl (C=O) groups is 3. The van der Waals surface area contributed by atoms with Crippen LogP contribution in [0.25, 0.3) is 0 Å². The minimum absolute atomic E-state index is 0.193. The topological polar surface area (TPSA) is 109 Å². The maximum absolute atomic E-state index is 12.0. The summed E-state index contributed by atoms with van der Waals surface area (Å²) in [6.45, 7) is 1.70. The third kappa shape index (κ3) is 4.70. The third-order valence-electron chi connectivity index (χ3n) is 3.65. The van der Waals surface area contributed by atoms with Crippen LogP contribution in [0.4, 0.5) is 5.69 Å². The number of benzene rings is 1. The van der Waals surface area contributed by atoms with Crippen LogP contribution in [-0.2, 0) is 19.1 Å². The Balaban J connectivity index is 1.89. The van der Waals surface area contributed by atoms with Gasteiger partial charge in [-0.3, -0.25) is 14.4 Å². The van der Waals surface area contributed by atoms with Gasteiger partial charge in [-0.25, -0.2) is 0 Å². The minimum Gasteiger partial charge on any atom is -0.478 e. The molecule has 1 N–H and O–H groups in total. The second kappa shape index (κ2) is 8.15. The fraction of sp³-hybridized carbons (Fsp3) is 0.412. The molecule has 0 bridgehead atoms. The van der Waals surface area contributed by atoms with Crippen LogP contribution in [0.3, 0.4) is 0 Å². The number of likely N-dealkylation sites (N-methyl/N-ethyl adjacent to an activating group) is 1. The van der Waals surface area contributed by atoms with E-state index in [1.165, 1.54) is 18.9 Å². The normalized spacial score (nSPS) is 16.5. The fourth-order valence-electron chi connectivity index (χ4n) is 2.31. The van der Waals surface area contributed by atoms with E-state index in [4.69, 9.17) is 14.7 Å². The lowest BCUT2D eigenvalue weighted by molar-refractivity contribution is -0.160. The molecule has 1 aromatic rings. The zero-order valence-electron chi connectivity index (χ0n) is 14.0. The summed E-state index contributed by atoms with van der Waals surface area (Å²) >= 11 is 0. The van der Waals surface area contributed by atoms with Crippen LogP contribution >= 0.6 is 0 Å². The first-order chi connectivity index (χ1) is 11.9. The number of amides is 2. The maximum Gasteiger partial charge on any atom is 0.310 e. The summed E-state index contributed by atoms with van der Waals surface area (Å²) in [5.41, 5.74) is 0.541. The van der Waals surface area contributed by atoms with Gasteiger partial charge in [0.1, 0.15) is 5.75 Å². The van der Waals surface area contributed by atoms with Crippen molar-refractivity contribution in [1.29, 1.82) is 5.26 Å². The Morgan fingerprint density at radius 1 is 1.44 bits per heavy atom. The summed E-state index contributed by atoms with van der Waals surface area (Å²) in [6, 6.07) is 8.83. The molecule has 0 unspecified atom stereocenters. The van der Waals surface area contributed by atoms with Gasteiger partial charge in [0.05, 0.1) is 24.6 Å². The number of fused-ring (bicyclic) bond motifs is 1. The number of rotatable bonds is 6. The van der Waals surface area contributed by atoms with Gasteiger partial charge in [-0.1, -0.05) is 12.1 Å². The molecular weight excluding hydrogens is 326 g/mol. The van der Waals surface area contributed by atoms with Crippen molar-refractivity contribution in [3.8, 4) is 11.8 Å². The van der Waals surface area contributed by atoms with E-state index < -0.39 is 30.0 Å². The number of ether oxygens (including phenoxy) is 2. The molecule has 1 aliphatic heterocycles. The van der Waals surface area contributed by atoms with E-state index in [1.54, 1.807) is 24.3 Å². The van der Waals surface area contributed by atoms with Crippen molar-refractivity contribution < 1.29 is 23.9 Å². The fourth-order valence-corrected chi connectivity index (χ4v) is 2.31. The SMILES string of the molecule is C[C@@H](OC(=O)C[C@@H]1Oc2ccccc2NC1=O)C(=O)N(C)CCC#N. The number of carbonyl (C=O) groups excluding carboxylic acids is 3. The maximum atomic E-state index is 12.0. The summed E-state index contributed by atoms with van der Waals surface area (Å²) < 4.78 is 10.6. The average molecular weight is 345 g/mol. The highest BCUT2D eigenvalue weighted by molar-refractivity contribution is 5.99. The Bertz CT molecular complexity index is 712. The molecular formula is C17H19N3O5. The van der Waals surface area contributed by atoms with Crippen molar-refractivity contribution in [3.63, 3.8) is 0 Å². The predicted octanol–water partition coefficient (Wildman–Crippen LogP) is 1.08. The van der Waals surface area contributed by atoms with Crippen LogP contribution in [0, 0.1) is 11.3 Å². The summed E-state index contributed by atoms with van der Waals surface area (Å²) in [7, 11) is 1.53. The van der Waals surface area contributed by atoms with Gasteiger partial charge in [-0.15, -0.1) is 0 Å². The lowest BCUT2D eigenvalue weighted by Gasteiger charge is -2.26. The molecule has 2 rings (SSSR count). The highest BCUT2D eigenvalue weighted by Crippen LogP contribution is 2.29. The van der Waals surface area contributed by atoms with Crippen molar-refractivity contribution in [2.45, 2.75) is 32.0 Å². The molecule has 0 spiro atoms. The molecule has 25 heavy (non-hydrogen) atoms. The third-order valence-corrected chi connectivity index (χ3v) is 3.65. The zero-order chi connectivity index (χ0) is 18.4. The molecule has 0 radical (unpaired) electrons. The molecule has 8 nitrogen and oxygen atoms in total. The summed E-state index contributed by atoms with van der Waals surface area (Å²) in [5, 5.41) is 11.2. The first-order valence-corrected chi connectivity index (χ1v) is 7.80. The largest absolute Gasteiger partial charge is 0.478 e. The summed E-state index contributed by atoms with van der Waals surface area (Å²) in [4.78, 5) is 37.4. The van der Waals surface area contributed by atoms with Crippen LogP contribution in [0.15, 0.2) is 24.3 Å². The molecule has 132 valence electrons. The monoisotopic (exact) mass is 345 g/mol. The smallest absolute Gasteiger partial charge is 0.310 e. The second-order valence-electron chi connectivity index (χ2n) is 5.60. The van der Waals surface area contributed by atoms with E-state index in [1.807, 2.05) is 6.07 Å². The first kappa shape index (κ1) is 18.3. The molecule has 1 aliphatic rings. The van der Waals surface area contributed by atoms with Gasteiger partial charge in [0, 0.05) is 13.6 Å². The van der Waals surface area contributed by atoms with Gasteiger partial charge in [-0.2, -0.15) is 5.26 Å². The number of hydrogen-bond acceptors (Lipinski definition) is 6. The van der Waals surface area contributed by atoms with Crippen LogP contribution < -0.4 is 10.1 Å². The van der Waals surface area contributed by atoms with Crippen molar-refractivity contribution >= 4 is 23.5 Å². The Morgan fingerprint density at radius 2 is 2.16 bits per heavy atom. The van der Waals surface area contributed by atoms with Crippen molar-refractivity contribution in [2.24, 2.45) is 0 Å². The molecule has 2 amide bonds. The Labute approximate surface area is 145 Å². The highest BCUT2D eigenvalue weighted by Gasteiger charge is 2.31. The van der Waals surface area contributed by atoms with Crippen molar-refractivity contribution in [1.82, 2.24) is 4.90 Å². The van der Waals surface area contributed by atoms with Crippen LogP contribution in [0.5, 0.6) is 5.75 Å². The van der Waals surface area contributed by atoms with Gasteiger partial charge < -0.3 is 19.7 Å². The van der Waals surface area contributed by atoms with E-state index in [2.05, 4.69) is 5.32 Å². The molecule has 0 aromatic heterocycles. The van der Waals surface area contributed by atoms with E-state index in [9.17, 15) is 14.4 Å². The van der Waals surface area contributed by atoms with Gasteiger partial charge in [-0.05, 0) is 19.1 Å². The number of anilines is 1. The van der Waals surface area contributed by atoms with E-state index in [0.717, 1.165) is 0 Å². The van der Waals surface area contributed by atoms with Crippen molar-refractivity contribution in [2.75, 3.05) is 18.9 Å². The predicted molar refractivity (Wildman–Crippen MR) is 87.5 cm³/mol. The molecule has 0 saturated heterocycles. The molecule has 0 fully saturated rings. The quantitative estimate of drug-likeness (QED) is 0.773. The Kier molecular flexibility index (Phi) is 5.95. The summed E-state index contributed by atoms with van der Waals surface area (Å²) in [5.74, 6) is -1.10. The van der Waals surface area contributed by atoms with Gasteiger partial charge >= 0.3 is 5.97 Å². The number of nitrogens with one attached hydrogen (secondary N) is 1. The zero-order valence-corrected chi connectivity index (χ0v) is 14.0. The molecule has 1 heterocycles. The van der Waals surface area contributed by atoms with E-state index in [-0.39, 0.29) is 19.4 Å². The lowest BCUT2D eigenvalue weighted by Crippen LogP contribution is -2.41. The van der Waals surface area contributed by atoms with Crippen LogP contribution in [0.1, 0.15) is 19.8 Å². The number of nitriles is 1. The average Bonchev–Trinajstić information content (AvgIpc) is 2.59. The Morgan fingerprint density at radius 3 is 2.88 bits per heavy atom. The van der Waals surface area contributed by atoms with Crippen molar-refractivity contribution in [3.05, 3.63) is 24.3 Å². The van der Waals surface area contributed by atoms with Gasteiger partial charge in [0.2, 0.25) is 0 Å². The molecule has 0 saturated carbocycles. The molecule has 1 aromatic carbocycles. The highest BCUT2D eigenvalue weighted by atomic mass is 16.6. The molecule has 8 heteroatoms. The summed E-state index contributed by atoms with van der Waals surface area (Å²) in [6.07, 6.45) is -2.13. The molecule has 2 atom stereocenters. The van der Waals surface area contributed by atoms with E-state index in [0.29, 0.717) is 11.4 Å². The number of nitrogens with zero attached hydrogens (tertiary/aromatic N) is 2. The second-order valence-corrected chi connectivity index (χ2v) is 5.60. The van der Waals surface area contributed by atoms with Gasteiger partial charge in [0.15, 0.2) is 12.2 Å². The Hall–Kier alpha value is -3.08. The van der Waals surface area contributed by atoms with E-state index >= 15 is 0 Å².